The van der Waals surface area contributed by atoms with Crippen molar-refractivity contribution in [3.05, 3.63) is 60.2 Å². The first kappa shape index (κ1) is 18.9. The zero-order valence-corrected chi connectivity index (χ0v) is 16.1. The number of amides is 1. The summed E-state index contributed by atoms with van der Waals surface area (Å²) in [5.41, 5.74) is 2.01. The number of carbonyl (C=O) groups excluding carboxylic acids is 2. The Bertz CT molecular complexity index is 988. The zero-order chi connectivity index (χ0) is 20.2. The van der Waals surface area contributed by atoms with E-state index in [9.17, 15) is 9.59 Å². The molecule has 8 heteroatoms. The van der Waals surface area contributed by atoms with Crippen molar-refractivity contribution in [1.82, 2.24) is 20.0 Å². The number of carbonyl (C=O) groups is 2. The lowest BCUT2D eigenvalue weighted by molar-refractivity contribution is 0.0615. The highest BCUT2D eigenvalue weighted by atomic mass is 16.5. The second-order valence-electron chi connectivity index (χ2n) is 6.87. The molecule has 1 aromatic carbocycles. The van der Waals surface area contributed by atoms with Crippen molar-refractivity contribution >= 4 is 11.7 Å². The molecule has 2 aromatic heterocycles. The second-order valence-corrected chi connectivity index (χ2v) is 6.87. The Morgan fingerprint density at radius 3 is 2.69 bits per heavy atom. The van der Waals surface area contributed by atoms with Gasteiger partial charge in [-0.3, -0.25) is 19.6 Å². The van der Waals surface area contributed by atoms with Crippen LogP contribution in [0.4, 0.5) is 0 Å². The van der Waals surface area contributed by atoms with Gasteiger partial charge in [-0.05, 0) is 30.3 Å². The predicted octanol–water partition coefficient (Wildman–Crippen LogP) is 2.32. The standard InChI is InChI=1S/C21H22N4O4/c1-28-16-5-2-4-15(12-16)17-13-18(23-22-17)21(27)25-9-7-24(8-10-25)14-19(26)20-6-3-11-29-20/h2-6,11-13H,7-10,14H2,1H3,(H,22,23). The maximum absolute atomic E-state index is 12.8. The smallest absolute Gasteiger partial charge is 0.271 e. The van der Waals surface area contributed by atoms with E-state index in [0.717, 1.165) is 11.3 Å². The quantitative estimate of drug-likeness (QED) is 0.645. The van der Waals surface area contributed by atoms with E-state index in [1.807, 2.05) is 29.2 Å². The highest BCUT2D eigenvalue weighted by molar-refractivity contribution is 5.95. The Morgan fingerprint density at radius 1 is 1.14 bits per heavy atom. The number of hydrogen-bond donors (Lipinski definition) is 1. The van der Waals surface area contributed by atoms with Crippen LogP contribution in [0.25, 0.3) is 11.3 Å². The number of H-pyrrole nitrogens is 1. The third-order valence-corrected chi connectivity index (χ3v) is 5.00. The molecule has 3 heterocycles. The summed E-state index contributed by atoms with van der Waals surface area (Å²) >= 11 is 0. The summed E-state index contributed by atoms with van der Waals surface area (Å²) in [6.45, 7) is 2.67. The average molecular weight is 394 g/mol. The van der Waals surface area contributed by atoms with Crippen LogP contribution >= 0.6 is 0 Å². The van der Waals surface area contributed by atoms with Crippen LogP contribution in [0.2, 0.25) is 0 Å². The van der Waals surface area contributed by atoms with Crippen molar-refractivity contribution in [1.29, 1.82) is 0 Å². The third-order valence-electron chi connectivity index (χ3n) is 5.00. The number of Topliss-reactive ketones (excluding diaryl/α,β-unsaturated/α-hetero) is 1. The Hall–Kier alpha value is -3.39. The van der Waals surface area contributed by atoms with E-state index in [0.29, 0.717) is 49.9 Å². The van der Waals surface area contributed by atoms with E-state index in [-0.39, 0.29) is 11.7 Å². The summed E-state index contributed by atoms with van der Waals surface area (Å²) in [4.78, 5) is 28.8. The highest BCUT2D eigenvalue weighted by Crippen LogP contribution is 2.23. The number of methoxy groups -OCH3 is 1. The number of nitrogens with one attached hydrogen (secondary N) is 1. The van der Waals surface area contributed by atoms with E-state index in [1.165, 1.54) is 6.26 Å². The molecule has 1 fully saturated rings. The van der Waals surface area contributed by atoms with Crippen LogP contribution in [0.5, 0.6) is 5.75 Å². The largest absolute Gasteiger partial charge is 0.497 e. The fraction of sp³-hybridized carbons (Fsp3) is 0.286. The minimum absolute atomic E-state index is 0.0497. The van der Waals surface area contributed by atoms with Gasteiger partial charge in [0.15, 0.2) is 5.76 Å². The maximum atomic E-state index is 12.8. The SMILES string of the molecule is COc1cccc(-c2cc(C(=O)N3CCN(CC(=O)c4ccco4)CC3)[nH]n2)c1. The maximum Gasteiger partial charge on any atom is 0.271 e. The van der Waals surface area contributed by atoms with Gasteiger partial charge in [-0.2, -0.15) is 5.10 Å². The topological polar surface area (TPSA) is 91.7 Å². The number of aromatic nitrogens is 2. The Balaban J connectivity index is 1.35. The Labute approximate surface area is 168 Å². The zero-order valence-electron chi connectivity index (χ0n) is 16.1. The molecule has 150 valence electrons. The minimum atomic E-state index is -0.0938. The van der Waals surface area contributed by atoms with Crippen molar-refractivity contribution in [3.8, 4) is 17.0 Å². The number of aromatic amines is 1. The van der Waals surface area contributed by atoms with Gasteiger partial charge in [-0.1, -0.05) is 12.1 Å². The number of piperazine rings is 1. The monoisotopic (exact) mass is 394 g/mol. The minimum Gasteiger partial charge on any atom is -0.497 e. The summed E-state index contributed by atoms with van der Waals surface area (Å²) in [7, 11) is 1.61. The molecular weight excluding hydrogens is 372 g/mol. The van der Waals surface area contributed by atoms with Gasteiger partial charge in [0.25, 0.3) is 5.91 Å². The van der Waals surface area contributed by atoms with Crippen LogP contribution in [-0.4, -0.2) is 71.5 Å². The molecule has 1 saturated heterocycles. The third kappa shape index (κ3) is 4.22. The Morgan fingerprint density at radius 2 is 1.97 bits per heavy atom. The van der Waals surface area contributed by atoms with Crippen LogP contribution in [0.15, 0.2) is 53.1 Å². The second kappa shape index (κ2) is 8.32. The lowest BCUT2D eigenvalue weighted by Crippen LogP contribution is -2.50. The van der Waals surface area contributed by atoms with Gasteiger partial charge in [-0.15, -0.1) is 0 Å². The van der Waals surface area contributed by atoms with E-state index in [4.69, 9.17) is 9.15 Å². The predicted molar refractivity (Wildman–Crippen MR) is 106 cm³/mol. The molecule has 0 unspecified atom stereocenters. The molecule has 0 saturated carbocycles. The molecule has 1 aliphatic heterocycles. The highest BCUT2D eigenvalue weighted by Gasteiger charge is 2.25. The first-order valence-corrected chi connectivity index (χ1v) is 9.42. The number of benzene rings is 1. The molecule has 1 N–H and O–H groups in total. The normalized spacial score (nSPS) is 14.7. The van der Waals surface area contributed by atoms with Gasteiger partial charge in [0, 0.05) is 31.7 Å². The van der Waals surface area contributed by atoms with Gasteiger partial charge < -0.3 is 14.1 Å². The van der Waals surface area contributed by atoms with E-state index >= 15 is 0 Å². The number of rotatable bonds is 6. The summed E-state index contributed by atoms with van der Waals surface area (Å²) in [5.74, 6) is 0.958. The van der Waals surface area contributed by atoms with Gasteiger partial charge >= 0.3 is 0 Å². The van der Waals surface area contributed by atoms with Crippen molar-refractivity contribution in [2.45, 2.75) is 0 Å². The molecule has 29 heavy (non-hydrogen) atoms. The van der Waals surface area contributed by atoms with Crippen molar-refractivity contribution < 1.29 is 18.7 Å². The van der Waals surface area contributed by atoms with E-state index in [1.54, 1.807) is 30.2 Å². The van der Waals surface area contributed by atoms with Crippen LogP contribution in [0.1, 0.15) is 21.0 Å². The molecule has 3 aromatic rings. The number of furan rings is 1. The fourth-order valence-electron chi connectivity index (χ4n) is 3.36. The number of ketones is 1. The molecule has 0 atom stereocenters. The molecule has 1 amide bonds. The number of hydrogen-bond acceptors (Lipinski definition) is 6. The van der Waals surface area contributed by atoms with Crippen LogP contribution in [-0.2, 0) is 0 Å². The van der Waals surface area contributed by atoms with Gasteiger partial charge in [-0.25, -0.2) is 0 Å². The average Bonchev–Trinajstić information content (AvgIpc) is 3.46. The van der Waals surface area contributed by atoms with Crippen LogP contribution in [0, 0.1) is 0 Å². The molecule has 4 rings (SSSR count). The van der Waals surface area contributed by atoms with Crippen LogP contribution in [0.3, 0.4) is 0 Å². The molecular formula is C21H22N4O4. The molecule has 0 radical (unpaired) electrons. The van der Waals surface area contributed by atoms with Crippen molar-refractivity contribution in [3.63, 3.8) is 0 Å². The summed E-state index contributed by atoms with van der Waals surface area (Å²) in [6.07, 6.45) is 1.49. The van der Waals surface area contributed by atoms with Crippen molar-refractivity contribution in [2.24, 2.45) is 0 Å². The number of nitrogens with zero attached hydrogens (tertiary/aromatic N) is 3. The Kier molecular flexibility index (Phi) is 5.44. The van der Waals surface area contributed by atoms with Gasteiger partial charge in [0.1, 0.15) is 11.4 Å². The molecule has 8 nitrogen and oxygen atoms in total. The molecule has 1 aliphatic rings. The fourth-order valence-corrected chi connectivity index (χ4v) is 3.36. The summed E-state index contributed by atoms with van der Waals surface area (Å²) in [5, 5.41) is 7.11. The molecule has 0 spiro atoms. The van der Waals surface area contributed by atoms with E-state index in [2.05, 4.69) is 10.2 Å². The summed E-state index contributed by atoms with van der Waals surface area (Å²) in [6, 6.07) is 12.7. The van der Waals surface area contributed by atoms with Crippen molar-refractivity contribution in [2.75, 3.05) is 39.8 Å². The number of ether oxygens (including phenoxy) is 1. The summed E-state index contributed by atoms with van der Waals surface area (Å²) < 4.78 is 10.4. The lowest BCUT2D eigenvalue weighted by atomic mass is 10.1. The van der Waals surface area contributed by atoms with Gasteiger partial charge in [0.2, 0.25) is 5.78 Å². The molecule has 0 aliphatic carbocycles. The first-order chi connectivity index (χ1) is 14.1. The van der Waals surface area contributed by atoms with Gasteiger partial charge in [0.05, 0.1) is 25.6 Å². The molecule has 0 bridgehead atoms. The lowest BCUT2D eigenvalue weighted by Gasteiger charge is -2.33. The van der Waals surface area contributed by atoms with Crippen LogP contribution < -0.4 is 4.74 Å². The van der Waals surface area contributed by atoms with E-state index < -0.39 is 0 Å². The first-order valence-electron chi connectivity index (χ1n) is 9.42.